The third-order valence-electron chi connectivity index (χ3n) is 3.87. The van der Waals surface area contributed by atoms with Gasteiger partial charge in [0.1, 0.15) is 5.54 Å². The van der Waals surface area contributed by atoms with Crippen LogP contribution in [0.3, 0.4) is 0 Å². The van der Waals surface area contributed by atoms with Gasteiger partial charge in [0.05, 0.1) is 11.8 Å². The topological polar surface area (TPSA) is 110 Å². The average molecular weight is 379 g/mol. The Kier molecular flexibility index (Phi) is 5.93. The van der Waals surface area contributed by atoms with Crippen LogP contribution in [0.4, 0.5) is 0 Å². The molecule has 2 rings (SSSR count). The molecule has 9 heteroatoms. The predicted molar refractivity (Wildman–Crippen MR) is 98.3 cm³/mol. The van der Waals surface area contributed by atoms with E-state index >= 15 is 0 Å². The summed E-state index contributed by atoms with van der Waals surface area (Å²) in [5, 5.41) is 21.0. The zero-order valence-corrected chi connectivity index (χ0v) is 15.7. The molecule has 0 fully saturated rings. The first-order valence-corrected chi connectivity index (χ1v) is 8.94. The summed E-state index contributed by atoms with van der Waals surface area (Å²) in [4.78, 5) is 12.1. The van der Waals surface area contributed by atoms with Gasteiger partial charge in [-0.1, -0.05) is 49.3 Å². The Bertz CT molecular complexity index is 815. The fourth-order valence-electron chi connectivity index (χ4n) is 1.96. The Morgan fingerprint density at radius 2 is 2.24 bits per heavy atom. The van der Waals surface area contributed by atoms with Gasteiger partial charge in [-0.15, -0.1) is 10.2 Å². The average Bonchev–Trinajstić information content (AvgIpc) is 2.93. The van der Waals surface area contributed by atoms with Gasteiger partial charge < -0.3 is 11.2 Å². The first-order chi connectivity index (χ1) is 11.8. The standard InChI is InChI=1S/C16H19ClN6OS/c1-10(2)16(3,9-18)20-13(24)8-25-15-22-21-14(23(15)19)11-5-4-6-12(17)7-11/h4-7,10H,8,19H2,1-3H3,(H,20,24). The highest BCUT2D eigenvalue weighted by molar-refractivity contribution is 7.99. The summed E-state index contributed by atoms with van der Waals surface area (Å²) in [6, 6.07) is 9.24. The highest BCUT2D eigenvalue weighted by atomic mass is 35.5. The molecule has 1 heterocycles. The predicted octanol–water partition coefficient (Wildman–Crippen LogP) is 2.46. The number of thioether (sulfide) groups is 1. The fraction of sp³-hybridized carbons (Fsp3) is 0.375. The van der Waals surface area contributed by atoms with Crippen molar-refractivity contribution in [1.29, 1.82) is 5.26 Å². The van der Waals surface area contributed by atoms with E-state index in [0.717, 1.165) is 17.3 Å². The van der Waals surface area contributed by atoms with Crippen LogP contribution in [0.1, 0.15) is 20.8 Å². The number of rotatable bonds is 6. The maximum atomic E-state index is 12.1. The molecule has 0 saturated carbocycles. The zero-order valence-electron chi connectivity index (χ0n) is 14.2. The van der Waals surface area contributed by atoms with Crippen molar-refractivity contribution in [3.63, 3.8) is 0 Å². The third-order valence-corrected chi connectivity index (χ3v) is 5.04. The van der Waals surface area contributed by atoms with Crippen molar-refractivity contribution in [2.75, 3.05) is 11.6 Å². The van der Waals surface area contributed by atoms with Crippen molar-refractivity contribution < 1.29 is 4.79 Å². The van der Waals surface area contributed by atoms with Crippen LogP contribution in [-0.2, 0) is 4.79 Å². The molecule has 1 unspecified atom stereocenters. The Hall–Kier alpha value is -2.24. The molecule has 3 N–H and O–H groups in total. The van der Waals surface area contributed by atoms with Crippen molar-refractivity contribution >= 4 is 29.3 Å². The normalized spacial score (nSPS) is 13.3. The van der Waals surface area contributed by atoms with Gasteiger partial charge in [-0.25, -0.2) is 4.68 Å². The van der Waals surface area contributed by atoms with E-state index in [2.05, 4.69) is 21.6 Å². The number of nitrogen functional groups attached to an aromatic ring is 1. The minimum Gasteiger partial charge on any atom is -0.337 e. The first-order valence-electron chi connectivity index (χ1n) is 7.58. The van der Waals surface area contributed by atoms with Crippen molar-refractivity contribution in [3.05, 3.63) is 29.3 Å². The van der Waals surface area contributed by atoms with Crippen LogP contribution < -0.4 is 11.2 Å². The number of aromatic nitrogens is 3. The maximum absolute atomic E-state index is 12.1. The van der Waals surface area contributed by atoms with E-state index in [9.17, 15) is 10.1 Å². The second kappa shape index (κ2) is 7.76. The molecule has 1 aromatic carbocycles. The Morgan fingerprint density at radius 1 is 1.52 bits per heavy atom. The summed E-state index contributed by atoms with van der Waals surface area (Å²) in [6.07, 6.45) is 0. The Labute approximate surface area is 155 Å². The molecule has 1 atom stereocenters. The highest BCUT2D eigenvalue weighted by Crippen LogP contribution is 2.24. The monoisotopic (exact) mass is 378 g/mol. The number of halogens is 1. The van der Waals surface area contributed by atoms with Gasteiger partial charge in [0, 0.05) is 10.6 Å². The molecule has 132 valence electrons. The van der Waals surface area contributed by atoms with E-state index in [4.69, 9.17) is 17.4 Å². The van der Waals surface area contributed by atoms with Crippen LogP contribution in [0, 0.1) is 17.2 Å². The molecule has 0 aliphatic heterocycles. The lowest BCUT2D eigenvalue weighted by atomic mass is 9.90. The number of nitriles is 1. The van der Waals surface area contributed by atoms with Crippen molar-refractivity contribution in [2.45, 2.75) is 31.5 Å². The number of carbonyl (C=O) groups excluding carboxylic acids is 1. The number of carbonyl (C=O) groups is 1. The molecule has 0 radical (unpaired) electrons. The highest BCUT2D eigenvalue weighted by Gasteiger charge is 2.30. The second-order valence-corrected chi connectivity index (χ2v) is 7.37. The first kappa shape index (κ1) is 19.1. The van der Waals surface area contributed by atoms with Crippen LogP contribution >= 0.6 is 23.4 Å². The van der Waals surface area contributed by atoms with Gasteiger partial charge >= 0.3 is 0 Å². The largest absolute Gasteiger partial charge is 0.337 e. The Morgan fingerprint density at radius 3 is 2.84 bits per heavy atom. The number of hydrogen-bond acceptors (Lipinski definition) is 6. The molecular formula is C16H19ClN6OS. The molecule has 0 aliphatic carbocycles. The zero-order chi connectivity index (χ0) is 18.6. The molecule has 25 heavy (non-hydrogen) atoms. The molecule has 2 aromatic rings. The summed E-state index contributed by atoms with van der Waals surface area (Å²) in [7, 11) is 0. The summed E-state index contributed by atoms with van der Waals surface area (Å²) < 4.78 is 1.32. The van der Waals surface area contributed by atoms with E-state index in [1.54, 1.807) is 25.1 Å². The van der Waals surface area contributed by atoms with Crippen LogP contribution in [-0.4, -0.2) is 32.1 Å². The van der Waals surface area contributed by atoms with Crippen LogP contribution in [0.2, 0.25) is 5.02 Å². The fourth-order valence-corrected chi connectivity index (χ4v) is 2.80. The second-order valence-electron chi connectivity index (χ2n) is 5.99. The molecule has 1 amide bonds. The summed E-state index contributed by atoms with van der Waals surface area (Å²) in [6.45, 7) is 5.46. The summed E-state index contributed by atoms with van der Waals surface area (Å²) in [5.74, 6) is 6.27. The minimum absolute atomic E-state index is 0.0148. The molecule has 0 saturated heterocycles. The molecule has 1 aromatic heterocycles. The van der Waals surface area contributed by atoms with Crippen molar-refractivity contribution in [3.8, 4) is 17.5 Å². The molecule has 7 nitrogen and oxygen atoms in total. The van der Waals surface area contributed by atoms with Gasteiger partial charge in [-0.3, -0.25) is 4.79 Å². The van der Waals surface area contributed by atoms with E-state index in [-0.39, 0.29) is 17.6 Å². The van der Waals surface area contributed by atoms with Gasteiger partial charge in [0.15, 0.2) is 5.82 Å². The molecule has 0 spiro atoms. The maximum Gasteiger partial charge on any atom is 0.231 e. The molecular weight excluding hydrogens is 360 g/mol. The Balaban J connectivity index is 2.05. The van der Waals surface area contributed by atoms with Crippen LogP contribution in [0.5, 0.6) is 0 Å². The van der Waals surface area contributed by atoms with Crippen molar-refractivity contribution in [2.24, 2.45) is 5.92 Å². The quantitative estimate of drug-likeness (QED) is 0.590. The third kappa shape index (κ3) is 4.44. The minimum atomic E-state index is -0.917. The number of nitrogens with zero attached hydrogens (tertiary/aromatic N) is 4. The van der Waals surface area contributed by atoms with Crippen LogP contribution in [0.25, 0.3) is 11.4 Å². The lowest BCUT2D eigenvalue weighted by Crippen LogP contribution is -2.49. The molecule has 0 aliphatic rings. The van der Waals surface area contributed by atoms with Crippen molar-refractivity contribution in [1.82, 2.24) is 20.2 Å². The van der Waals surface area contributed by atoms with Gasteiger partial charge in [0.25, 0.3) is 0 Å². The smallest absolute Gasteiger partial charge is 0.231 e. The van der Waals surface area contributed by atoms with Crippen LogP contribution in [0.15, 0.2) is 29.4 Å². The lowest BCUT2D eigenvalue weighted by molar-refractivity contribution is -0.120. The van der Waals surface area contributed by atoms with Gasteiger partial charge in [-0.05, 0) is 25.0 Å². The molecule has 0 bridgehead atoms. The number of amides is 1. The van der Waals surface area contributed by atoms with E-state index < -0.39 is 5.54 Å². The summed E-state index contributed by atoms with van der Waals surface area (Å²) in [5.41, 5.74) is -0.185. The SMILES string of the molecule is CC(C)C(C)(C#N)NC(=O)CSc1nnc(-c2cccc(Cl)c2)n1N. The van der Waals surface area contributed by atoms with E-state index in [0.29, 0.717) is 16.0 Å². The van der Waals surface area contributed by atoms with E-state index in [1.165, 1.54) is 4.68 Å². The number of nitrogens with two attached hydrogens (primary N) is 1. The van der Waals surface area contributed by atoms with Gasteiger partial charge in [-0.2, -0.15) is 5.26 Å². The number of hydrogen-bond donors (Lipinski definition) is 2. The summed E-state index contributed by atoms with van der Waals surface area (Å²) >= 11 is 7.12. The number of nitrogens with one attached hydrogen (secondary N) is 1. The lowest BCUT2D eigenvalue weighted by Gasteiger charge is -2.27. The number of benzene rings is 1. The van der Waals surface area contributed by atoms with E-state index in [1.807, 2.05) is 19.9 Å². The van der Waals surface area contributed by atoms with Gasteiger partial charge in [0.2, 0.25) is 11.1 Å².